The zero-order chi connectivity index (χ0) is 25.8. The molecule has 0 spiro atoms. The van der Waals surface area contributed by atoms with Crippen LogP contribution in [0.3, 0.4) is 0 Å². The molecule has 184 valence electrons. The maximum atomic E-state index is 13.6. The normalized spacial score (nSPS) is 13.3. The van der Waals surface area contributed by atoms with Gasteiger partial charge in [-0.3, -0.25) is 9.59 Å². The maximum Gasteiger partial charge on any atom is 0.283 e. The van der Waals surface area contributed by atoms with Gasteiger partial charge >= 0.3 is 0 Å². The van der Waals surface area contributed by atoms with Gasteiger partial charge in [0.15, 0.2) is 0 Å². The Bertz CT molecular complexity index is 1450. The number of ether oxygens (including phenoxy) is 1. The van der Waals surface area contributed by atoms with Crippen molar-refractivity contribution in [2.24, 2.45) is 0 Å². The van der Waals surface area contributed by atoms with Crippen molar-refractivity contribution in [1.82, 2.24) is 0 Å². The predicted molar refractivity (Wildman–Crippen MR) is 149 cm³/mol. The van der Waals surface area contributed by atoms with Crippen molar-refractivity contribution in [3.63, 3.8) is 0 Å². The fourth-order valence-corrected chi connectivity index (χ4v) is 4.86. The standard InChI is InChI=1S/C31H26N2O3S/c1-3-22-11-13-23(14-12-22)32-28-29(37-27-19-9-21(2)10-20-27)31(35)33(30(28)34)24-15-17-26(18-16-24)36-25-7-5-4-6-8-25/h4-20,32H,3H2,1-2H3. The molecule has 2 amide bonds. The van der Waals surface area contributed by atoms with Gasteiger partial charge in [-0.25, -0.2) is 4.90 Å². The first-order chi connectivity index (χ1) is 18.0. The Balaban J connectivity index is 1.44. The molecule has 4 aromatic carbocycles. The molecule has 4 aromatic rings. The first kappa shape index (κ1) is 24.4. The highest BCUT2D eigenvalue weighted by Gasteiger charge is 2.40. The van der Waals surface area contributed by atoms with Crippen LogP contribution in [0.1, 0.15) is 18.1 Å². The van der Waals surface area contributed by atoms with Crippen LogP contribution in [0.5, 0.6) is 11.5 Å². The maximum absolute atomic E-state index is 13.6. The number of benzene rings is 4. The average Bonchev–Trinajstić information content (AvgIpc) is 3.15. The molecule has 0 saturated heterocycles. The summed E-state index contributed by atoms with van der Waals surface area (Å²) in [6.45, 7) is 4.10. The summed E-state index contributed by atoms with van der Waals surface area (Å²) >= 11 is 1.29. The molecule has 1 aliphatic rings. The van der Waals surface area contributed by atoms with Crippen molar-refractivity contribution in [2.75, 3.05) is 10.2 Å². The lowest BCUT2D eigenvalue weighted by Crippen LogP contribution is -2.32. The second kappa shape index (κ2) is 10.8. The van der Waals surface area contributed by atoms with Crippen molar-refractivity contribution >= 4 is 35.0 Å². The van der Waals surface area contributed by atoms with Crippen LogP contribution in [-0.2, 0) is 16.0 Å². The summed E-state index contributed by atoms with van der Waals surface area (Å²) in [5.74, 6) is 0.573. The molecule has 0 unspecified atom stereocenters. The van der Waals surface area contributed by atoms with Gasteiger partial charge in [0.25, 0.3) is 11.8 Å². The Labute approximate surface area is 220 Å². The van der Waals surface area contributed by atoms with E-state index in [1.807, 2.05) is 85.8 Å². The zero-order valence-corrected chi connectivity index (χ0v) is 21.4. The first-order valence-corrected chi connectivity index (χ1v) is 12.9. The molecule has 0 saturated carbocycles. The minimum atomic E-state index is -0.393. The molecular formula is C31H26N2O3S. The highest BCUT2D eigenvalue weighted by atomic mass is 32.2. The molecule has 0 aliphatic carbocycles. The Morgan fingerprint density at radius 1 is 0.757 bits per heavy atom. The number of para-hydroxylation sites is 1. The molecule has 0 atom stereocenters. The third kappa shape index (κ3) is 5.44. The second-order valence-corrected chi connectivity index (χ2v) is 9.73. The van der Waals surface area contributed by atoms with Gasteiger partial charge in [0.2, 0.25) is 0 Å². The number of hydrogen-bond donors (Lipinski definition) is 1. The molecule has 0 fully saturated rings. The molecule has 1 heterocycles. The number of aryl methyl sites for hydroxylation is 2. The van der Waals surface area contributed by atoms with Crippen molar-refractivity contribution in [1.29, 1.82) is 0 Å². The summed E-state index contributed by atoms with van der Waals surface area (Å²) in [5, 5.41) is 3.22. The lowest BCUT2D eigenvalue weighted by Gasteiger charge is -2.16. The van der Waals surface area contributed by atoms with E-state index in [0.717, 1.165) is 22.6 Å². The first-order valence-electron chi connectivity index (χ1n) is 12.1. The van der Waals surface area contributed by atoms with Crippen LogP contribution >= 0.6 is 11.8 Å². The van der Waals surface area contributed by atoms with Crippen LogP contribution in [-0.4, -0.2) is 11.8 Å². The van der Waals surface area contributed by atoms with E-state index in [4.69, 9.17) is 4.74 Å². The number of nitrogens with zero attached hydrogens (tertiary/aromatic N) is 1. The van der Waals surface area contributed by atoms with Crippen molar-refractivity contribution < 1.29 is 14.3 Å². The quantitative estimate of drug-likeness (QED) is 0.253. The Kier molecular flexibility index (Phi) is 7.10. The van der Waals surface area contributed by atoms with Gasteiger partial charge in [-0.05, 0) is 79.6 Å². The Morgan fingerprint density at radius 3 is 2.05 bits per heavy atom. The minimum Gasteiger partial charge on any atom is -0.457 e. The molecule has 1 aliphatic heterocycles. The summed E-state index contributed by atoms with van der Waals surface area (Å²) in [7, 11) is 0. The highest BCUT2D eigenvalue weighted by Crippen LogP contribution is 2.38. The predicted octanol–water partition coefficient (Wildman–Crippen LogP) is 7.34. The summed E-state index contributed by atoms with van der Waals surface area (Å²) in [6, 6.07) is 32.2. The van der Waals surface area contributed by atoms with Crippen molar-refractivity contribution in [2.45, 2.75) is 25.2 Å². The smallest absolute Gasteiger partial charge is 0.283 e. The topological polar surface area (TPSA) is 58.6 Å². The van der Waals surface area contributed by atoms with Crippen LogP contribution in [0, 0.1) is 6.92 Å². The van der Waals surface area contributed by atoms with Crippen LogP contribution in [0.25, 0.3) is 0 Å². The summed E-state index contributed by atoms with van der Waals surface area (Å²) in [5.41, 5.74) is 3.83. The number of anilines is 2. The number of carbonyl (C=O) groups is 2. The lowest BCUT2D eigenvalue weighted by atomic mass is 10.1. The van der Waals surface area contributed by atoms with Gasteiger partial charge in [-0.2, -0.15) is 0 Å². The third-order valence-corrected chi connectivity index (χ3v) is 7.08. The number of hydrogen-bond acceptors (Lipinski definition) is 5. The second-order valence-electron chi connectivity index (χ2n) is 8.65. The van der Waals surface area contributed by atoms with Gasteiger partial charge < -0.3 is 10.1 Å². The van der Waals surface area contributed by atoms with Gasteiger partial charge in [-0.1, -0.05) is 66.7 Å². The van der Waals surface area contributed by atoms with E-state index < -0.39 is 5.91 Å². The van der Waals surface area contributed by atoms with Crippen LogP contribution < -0.4 is 15.0 Å². The molecule has 0 bridgehead atoms. The zero-order valence-electron chi connectivity index (χ0n) is 20.6. The lowest BCUT2D eigenvalue weighted by molar-refractivity contribution is -0.120. The molecule has 1 N–H and O–H groups in total. The SMILES string of the molecule is CCc1ccc(NC2=C(Sc3ccc(C)cc3)C(=O)N(c3ccc(Oc4ccccc4)cc3)C2=O)cc1. The van der Waals surface area contributed by atoms with E-state index in [2.05, 4.69) is 12.2 Å². The number of amides is 2. The van der Waals surface area contributed by atoms with Gasteiger partial charge in [-0.15, -0.1) is 0 Å². The van der Waals surface area contributed by atoms with E-state index >= 15 is 0 Å². The largest absolute Gasteiger partial charge is 0.457 e. The summed E-state index contributed by atoms with van der Waals surface area (Å²) < 4.78 is 5.86. The highest BCUT2D eigenvalue weighted by molar-refractivity contribution is 8.04. The molecule has 5 nitrogen and oxygen atoms in total. The third-order valence-electron chi connectivity index (χ3n) is 5.99. The van der Waals surface area contributed by atoms with Gasteiger partial charge in [0.05, 0.1) is 5.69 Å². The molecule has 0 aromatic heterocycles. The number of thioether (sulfide) groups is 1. The average molecular weight is 507 g/mol. The molecule has 0 radical (unpaired) electrons. The van der Waals surface area contributed by atoms with Crippen LogP contribution in [0.4, 0.5) is 11.4 Å². The molecular weight excluding hydrogens is 480 g/mol. The van der Waals surface area contributed by atoms with E-state index in [0.29, 0.717) is 22.1 Å². The van der Waals surface area contributed by atoms with E-state index in [9.17, 15) is 9.59 Å². The fourth-order valence-electron chi connectivity index (χ4n) is 3.93. The molecule has 6 heteroatoms. The molecule has 5 rings (SSSR count). The van der Waals surface area contributed by atoms with E-state index in [-0.39, 0.29) is 11.6 Å². The van der Waals surface area contributed by atoms with Gasteiger partial charge in [0, 0.05) is 10.6 Å². The Morgan fingerprint density at radius 2 is 1.41 bits per heavy atom. The summed E-state index contributed by atoms with van der Waals surface area (Å²) in [6.07, 6.45) is 0.923. The van der Waals surface area contributed by atoms with Crippen molar-refractivity contribution in [3.05, 3.63) is 125 Å². The number of nitrogens with one attached hydrogen (secondary N) is 1. The Hall–Kier alpha value is -4.29. The number of rotatable bonds is 8. The minimum absolute atomic E-state index is 0.268. The monoisotopic (exact) mass is 506 g/mol. The number of carbonyl (C=O) groups excluding carboxylic acids is 2. The van der Waals surface area contributed by atoms with Crippen LogP contribution in [0.15, 0.2) is 119 Å². The fraction of sp³-hybridized carbons (Fsp3) is 0.0968. The summed E-state index contributed by atoms with van der Waals surface area (Å²) in [4.78, 5) is 29.7. The number of imide groups is 1. The van der Waals surface area contributed by atoms with Crippen molar-refractivity contribution in [3.8, 4) is 11.5 Å². The molecule has 37 heavy (non-hydrogen) atoms. The van der Waals surface area contributed by atoms with E-state index in [1.54, 1.807) is 24.3 Å². The van der Waals surface area contributed by atoms with Gasteiger partial charge in [0.1, 0.15) is 22.1 Å². The van der Waals surface area contributed by atoms with E-state index in [1.165, 1.54) is 22.2 Å². The van der Waals surface area contributed by atoms with Crippen LogP contribution in [0.2, 0.25) is 0 Å².